The van der Waals surface area contributed by atoms with E-state index in [9.17, 15) is 0 Å². The van der Waals surface area contributed by atoms with Gasteiger partial charge in [-0.25, -0.2) is 0 Å². The average Bonchev–Trinajstić information content (AvgIpc) is 2.20. The van der Waals surface area contributed by atoms with Gasteiger partial charge in [0.15, 0.2) is 0 Å². The lowest BCUT2D eigenvalue weighted by atomic mass is 10.2. The summed E-state index contributed by atoms with van der Waals surface area (Å²) in [5.41, 5.74) is 4.87. The molecule has 1 aromatic rings. The lowest BCUT2D eigenvalue weighted by Crippen LogP contribution is -2.03. The molecule has 0 fully saturated rings. The first-order valence-electron chi connectivity index (χ1n) is 4.82. The molecule has 0 heterocycles. The Balaban J connectivity index is 2.75. The van der Waals surface area contributed by atoms with Crippen molar-refractivity contribution in [2.75, 3.05) is 0 Å². The maximum Gasteiger partial charge on any atom is 0.0708 e. The van der Waals surface area contributed by atoms with Gasteiger partial charge in [0.05, 0.1) is 21.1 Å². The highest BCUT2D eigenvalue weighted by atomic mass is 28.2. The molecule has 0 spiro atoms. The quantitative estimate of drug-likeness (QED) is 0.689. The molecule has 0 amide bonds. The predicted molar refractivity (Wildman–Crippen MR) is 62.8 cm³/mol. The maximum atomic E-state index is 9.05. The Labute approximate surface area is 87.9 Å². The second kappa shape index (κ2) is 5.41. The molecule has 1 unspecified atom stereocenters. The Morgan fingerprint density at radius 3 is 2.50 bits per heavy atom. The Hall–Kier alpha value is -1.33. The third-order valence-corrected chi connectivity index (χ3v) is 4.30. The smallest absolute Gasteiger partial charge is 0.0708 e. The monoisotopic (exact) mass is 201 g/mol. The van der Waals surface area contributed by atoms with E-state index in [0.29, 0.717) is 0 Å². The van der Waals surface area contributed by atoms with Gasteiger partial charge in [0, 0.05) is 0 Å². The summed E-state index contributed by atoms with van der Waals surface area (Å²) in [4.78, 5) is 0. The SMILES string of the molecule is CC(C)=C[SiH2]C(C#N)c1ccccc1. The number of benzene rings is 1. The summed E-state index contributed by atoms with van der Waals surface area (Å²) < 4.78 is 0. The van der Waals surface area contributed by atoms with Crippen molar-refractivity contribution in [2.24, 2.45) is 0 Å². The van der Waals surface area contributed by atoms with Crippen LogP contribution in [0.5, 0.6) is 0 Å². The van der Waals surface area contributed by atoms with Crippen LogP contribution in [0.1, 0.15) is 25.0 Å². The van der Waals surface area contributed by atoms with Crippen LogP contribution in [0.2, 0.25) is 0 Å². The zero-order chi connectivity index (χ0) is 10.4. The third-order valence-electron chi connectivity index (χ3n) is 2.12. The molecule has 1 aromatic carbocycles. The molecule has 0 aromatic heterocycles. The highest BCUT2D eigenvalue weighted by molar-refractivity contribution is 6.45. The zero-order valence-electron chi connectivity index (χ0n) is 8.70. The Morgan fingerprint density at radius 1 is 1.36 bits per heavy atom. The molecule has 2 heteroatoms. The fraction of sp³-hybridized carbons (Fsp3) is 0.250. The summed E-state index contributed by atoms with van der Waals surface area (Å²) in [5, 5.41) is 9.05. The van der Waals surface area contributed by atoms with Crippen LogP contribution in [0.3, 0.4) is 0 Å². The van der Waals surface area contributed by atoms with Gasteiger partial charge in [-0.3, -0.25) is 0 Å². The predicted octanol–water partition coefficient (Wildman–Crippen LogP) is 2.34. The maximum absolute atomic E-state index is 9.05. The summed E-state index contributed by atoms with van der Waals surface area (Å²) in [6.45, 7) is 4.18. The van der Waals surface area contributed by atoms with Crippen molar-refractivity contribution in [1.82, 2.24) is 0 Å². The molecule has 0 radical (unpaired) electrons. The van der Waals surface area contributed by atoms with E-state index in [0.717, 1.165) is 0 Å². The minimum atomic E-state index is -0.444. The Morgan fingerprint density at radius 2 is 2.00 bits per heavy atom. The van der Waals surface area contributed by atoms with Crippen molar-refractivity contribution in [2.45, 2.75) is 19.4 Å². The van der Waals surface area contributed by atoms with Gasteiger partial charge in [-0.15, -0.1) is 5.70 Å². The van der Waals surface area contributed by atoms with Crippen LogP contribution in [0.25, 0.3) is 0 Å². The molecule has 14 heavy (non-hydrogen) atoms. The average molecular weight is 201 g/mol. The molecule has 0 aliphatic heterocycles. The number of hydrogen-bond donors (Lipinski definition) is 0. The van der Waals surface area contributed by atoms with Crippen LogP contribution >= 0.6 is 0 Å². The van der Waals surface area contributed by atoms with Crippen molar-refractivity contribution in [3.63, 3.8) is 0 Å². The number of allylic oxidation sites excluding steroid dienone is 1. The van der Waals surface area contributed by atoms with Gasteiger partial charge < -0.3 is 0 Å². The second-order valence-corrected chi connectivity index (χ2v) is 5.31. The van der Waals surface area contributed by atoms with E-state index in [1.165, 1.54) is 11.1 Å². The highest BCUT2D eigenvalue weighted by Gasteiger charge is 2.07. The first-order chi connectivity index (χ1) is 6.74. The highest BCUT2D eigenvalue weighted by Crippen LogP contribution is 2.13. The minimum absolute atomic E-state index is 0.131. The zero-order valence-corrected chi connectivity index (χ0v) is 10.1. The Bertz CT molecular complexity index is 344. The van der Waals surface area contributed by atoms with Crippen LogP contribution in [0, 0.1) is 11.3 Å². The lowest BCUT2D eigenvalue weighted by Gasteiger charge is -2.05. The molecule has 72 valence electrons. The molecule has 0 aliphatic rings. The van der Waals surface area contributed by atoms with Gasteiger partial charge in [-0.05, 0) is 19.4 Å². The van der Waals surface area contributed by atoms with Gasteiger partial charge in [0.25, 0.3) is 0 Å². The molecule has 0 N–H and O–H groups in total. The van der Waals surface area contributed by atoms with Crippen molar-refractivity contribution >= 4 is 9.52 Å². The van der Waals surface area contributed by atoms with E-state index < -0.39 is 9.52 Å². The molecule has 0 aliphatic carbocycles. The minimum Gasteiger partial charge on any atom is -0.198 e. The van der Waals surface area contributed by atoms with Crippen molar-refractivity contribution < 1.29 is 0 Å². The molecule has 1 atom stereocenters. The molecule has 0 saturated carbocycles. The lowest BCUT2D eigenvalue weighted by molar-refractivity contribution is 1.20. The fourth-order valence-corrected chi connectivity index (χ4v) is 2.66. The van der Waals surface area contributed by atoms with E-state index >= 15 is 0 Å². The van der Waals surface area contributed by atoms with Crippen LogP contribution in [0.15, 0.2) is 41.6 Å². The second-order valence-electron chi connectivity index (χ2n) is 3.61. The third kappa shape index (κ3) is 3.19. The summed E-state index contributed by atoms with van der Waals surface area (Å²) >= 11 is 0. The van der Waals surface area contributed by atoms with Crippen LogP contribution < -0.4 is 0 Å². The molecule has 0 bridgehead atoms. The van der Waals surface area contributed by atoms with Crippen LogP contribution in [-0.2, 0) is 0 Å². The molecule has 1 rings (SSSR count). The number of nitriles is 1. The molecular formula is C12H15NSi. The fourth-order valence-electron chi connectivity index (χ4n) is 1.30. The number of nitrogens with zero attached hydrogens (tertiary/aromatic N) is 1. The molecular weight excluding hydrogens is 186 g/mol. The topological polar surface area (TPSA) is 23.8 Å². The van der Waals surface area contributed by atoms with Gasteiger partial charge in [-0.2, -0.15) is 5.26 Å². The normalized spacial score (nSPS) is 12.4. The van der Waals surface area contributed by atoms with E-state index in [2.05, 4.69) is 25.6 Å². The summed E-state index contributed by atoms with van der Waals surface area (Å²) in [6.07, 6.45) is 0. The Kier molecular flexibility index (Phi) is 4.15. The van der Waals surface area contributed by atoms with Crippen molar-refractivity contribution in [3.8, 4) is 6.07 Å². The standard InChI is InChI=1S/C12H15NSi/c1-10(2)9-14-12(8-13)11-6-4-3-5-7-11/h3-7,9,12H,14H2,1-2H3. The van der Waals surface area contributed by atoms with E-state index in [4.69, 9.17) is 5.26 Å². The largest absolute Gasteiger partial charge is 0.198 e. The van der Waals surface area contributed by atoms with E-state index in [-0.39, 0.29) is 5.54 Å². The van der Waals surface area contributed by atoms with Gasteiger partial charge in [-0.1, -0.05) is 35.9 Å². The molecule has 0 saturated heterocycles. The van der Waals surface area contributed by atoms with E-state index in [1.54, 1.807) is 0 Å². The summed E-state index contributed by atoms with van der Waals surface area (Å²) in [5.74, 6) is 0. The van der Waals surface area contributed by atoms with Crippen molar-refractivity contribution in [1.29, 1.82) is 5.26 Å². The van der Waals surface area contributed by atoms with E-state index in [1.807, 2.05) is 30.3 Å². The van der Waals surface area contributed by atoms with Crippen molar-refractivity contribution in [3.05, 3.63) is 47.2 Å². The molecule has 1 nitrogen and oxygen atoms in total. The van der Waals surface area contributed by atoms with Gasteiger partial charge >= 0.3 is 0 Å². The summed E-state index contributed by atoms with van der Waals surface area (Å²) in [7, 11) is -0.444. The van der Waals surface area contributed by atoms with Crippen LogP contribution in [0.4, 0.5) is 0 Å². The van der Waals surface area contributed by atoms with Crippen LogP contribution in [-0.4, -0.2) is 9.52 Å². The summed E-state index contributed by atoms with van der Waals surface area (Å²) in [6, 6.07) is 12.5. The first-order valence-corrected chi connectivity index (χ1v) is 6.45. The van der Waals surface area contributed by atoms with Gasteiger partial charge in [0.2, 0.25) is 0 Å². The number of rotatable bonds is 3. The van der Waals surface area contributed by atoms with Gasteiger partial charge in [0.1, 0.15) is 0 Å². The number of hydrogen-bond acceptors (Lipinski definition) is 1. The first kappa shape index (κ1) is 10.7.